The van der Waals surface area contributed by atoms with Gasteiger partial charge in [0.2, 0.25) is 0 Å². The molecule has 98 valence electrons. The van der Waals surface area contributed by atoms with Crippen molar-refractivity contribution in [3.05, 3.63) is 59.4 Å². The number of aryl methyl sites for hydroxylation is 1. The molecule has 0 saturated heterocycles. The van der Waals surface area contributed by atoms with Crippen molar-refractivity contribution < 1.29 is 4.74 Å². The number of pyridine rings is 1. The maximum absolute atomic E-state index is 5.17. The number of anilines is 1. The number of methoxy groups -OCH3 is 1. The van der Waals surface area contributed by atoms with Crippen LogP contribution in [0.5, 0.6) is 0 Å². The van der Waals surface area contributed by atoms with Crippen LogP contribution in [0.1, 0.15) is 29.3 Å². The molecular formula is C16H18N2O. The zero-order valence-electron chi connectivity index (χ0n) is 11.1. The van der Waals surface area contributed by atoms with E-state index >= 15 is 0 Å². The summed E-state index contributed by atoms with van der Waals surface area (Å²) >= 11 is 0. The van der Waals surface area contributed by atoms with Crippen LogP contribution in [0.15, 0.2) is 42.6 Å². The minimum Gasteiger partial charge on any atom is -0.380 e. The quantitative estimate of drug-likeness (QED) is 0.908. The molecule has 2 aromatic rings. The van der Waals surface area contributed by atoms with Crippen LogP contribution in [-0.2, 0) is 17.8 Å². The van der Waals surface area contributed by atoms with Crippen LogP contribution in [0.3, 0.4) is 0 Å². The number of ether oxygens (including phenoxy) is 1. The van der Waals surface area contributed by atoms with E-state index < -0.39 is 0 Å². The molecule has 1 heterocycles. The fourth-order valence-electron chi connectivity index (χ4n) is 2.67. The van der Waals surface area contributed by atoms with Gasteiger partial charge in [-0.15, -0.1) is 0 Å². The predicted octanol–water partition coefficient (Wildman–Crippen LogP) is 3.33. The van der Waals surface area contributed by atoms with Crippen LogP contribution in [0.2, 0.25) is 0 Å². The largest absolute Gasteiger partial charge is 0.380 e. The number of fused-ring (bicyclic) bond motifs is 1. The van der Waals surface area contributed by atoms with E-state index in [1.807, 2.05) is 12.3 Å². The molecule has 1 aromatic carbocycles. The predicted molar refractivity (Wildman–Crippen MR) is 76.1 cm³/mol. The average molecular weight is 254 g/mol. The zero-order valence-corrected chi connectivity index (χ0v) is 11.1. The molecule has 19 heavy (non-hydrogen) atoms. The van der Waals surface area contributed by atoms with Crippen molar-refractivity contribution in [3.63, 3.8) is 0 Å². The van der Waals surface area contributed by atoms with Crippen molar-refractivity contribution in [1.29, 1.82) is 0 Å². The number of hydrogen-bond donors (Lipinski definition) is 1. The molecule has 0 radical (unpaired) electrons. The number of hydrogen-bond acceptors (Lipinski definition) is 3. The lowest BCUT2D eigenvalue weighted by Crippen LogP contribution is -2.08. The van der Waals surface area contributed by atoms with Gasteiger partial charge in [-0.3, -0.25) is 4.98 Å². The summed E-state index contributed by atoms with van der Waals surface area (Å²) in [7, 11) is 1.72. The summed E-state index contributed by atoms with van der Waals surface area (Å²) in [5, 5.41) is 3.58. The standard InChI is InChI=1S/C16H18N2O/c1-19-11-12-4-2-6-14(10-12)18-15-8-7-13-5-3-9-17-16(13)15/h2-6,9-10,15,18H,7-8,11H2,1H3. The highest BCUT2D eigenvalue weighted by molar-refractivity contribution is 5.48. The molecule has 0 spiro atoms. The minimum absolute atomic E-state index is 0.328. The summed E-state index contributed by atoms with van der Waals surface area (Å²) in [5.74, 6) is 0. The second-order valence-corrected chi connectivity index (χ2v) is 4.92. The second kappa shape index (κ2) is 5.41. The second-order valence-electron chi connectivity index (χ2n) is 4.92. The van der Waals surface area contributed by atoms with Crippen LogP contribution in [0, 0.1) is 0 Å². The van der Waals surface area contributed by atoms with Gasteiger partial charge < -0.3 is 10.1 Å². The number of nitrogens with one attached hydrogen (secondary N) is 1. The third kappa shape index (κ3) is 2.61. The number of rotatable bonds is 4. The molecular weight excluding hydrogens is 236 g/mol. The minimum atomic E-state index is 0.328. The Kier molecular flexibility index (Phi) is 3.47. The molecule has 1 atom stereocenters. The highest BCUT2D eigenvalue weighted by Crippen LogP contribution is 2.32. The molecule has 1 unspecified atom stereocenters. The van der Waals surface area contributed by atoms with E-state index in [4.69, 9.17) is 4.74 Å². The lowest BCUT2D eigenvalue weighted by atomic mass is 10.1. The van der Waals surface area contributed by atoms with Crippen LogP contribution in [0.25, 0.3) is 0 Å². The molecule has 1 N–H and O–H groups in total. The van der Waals surface area contributed by atoms with E-state index in [-0.39, 0.29) is 0 Å². The Bertz CT molecular complexity index is 568. The Morgan fingerprint density at radius 3 is 3.16 bits per heavy atom. The van der Waals surface area contributed by atoms with Gasteiger partial charge in [0.05, 0.1) is 18.3 Å². The van der Waals surface area contributed by atoms with Crippen LogP contribution >= 0.6 is 0 Å². The normalized spacial score (nSPS) is 17.2. The lowest BCUT2D eigenvalue weighted by Gasteiger charge is -2.15. The van der Waals surface area contributed by atoms with E-state index in [0.717, 1.165) is 18.5 Å². The number of nitrogens with zero attached hydrogens (tertiary/aromatic N) is 1. The van der Waals surface area contributed by atoms with E-state index in [2.05, 4.69) is 40.6 Å². The smallest absolute Gasteiger partial charge is 0.0713 e. The van der Waals surface area contributed by atoms with E-state index in [1.54, 1.807) is 7.11 Å². The van der Waals surface area contributed by atoms with E-state index in [9.17, 15) is 0 Å². The molecule has 3 heteroatoms. The first-order chi connectivity index (χ1) is 9.36. The fraction of sp³-hybridized carbons (Fsp3) is 0.312. The summed E-state index contributed by atoms with van der Waals surface area (Å²) in [5.41, 5.74) is 4.89. The molecule has 3 rings (SSSR count). The van der Waals surface area contributed by atoms with Crippen molar-refractivity contribution in [3.8, 4) is 0 Å². The Balaban J connectivity index is 1.77. The van der Waals surface area contributed by atoms with Crippen LogP contribution < -0.4 is 5.32 Å². The third-order valence-electron chi connectivity index (χ3n) is 3.54. The number of aromatic nitrogens is 1. The first kappa shape index (κ1) is 12.2. The summed E-state index contributed by atoms with van der Waals surface area (Å²) in [6, 6.07) is 12.9. The van der Waals surface area contributed by atoms with Crippen LogP contribution in [0.4, 0.5) is 5.69 Å². The molecule has 1 aliphatic carbocycles. The Labute approximate surface area is 113 Å². The summed E-state index contributed by atoms with van der Waals surface area (Å²) < 4.78 is 5.17. The maximum Gasteiger partial charge on any atom is 0.0713 e. The maximum atomic E-state index is 5.17. The van der Waals surface area contributed by atoms with Gasteiger partial charge in [0, 0.05) is 19.0 Å². The van der Waals surface area contributed by atoms with Crippen molar-refractivity contribution in [2.75, 3.05) is 12.4 Å². The third-order valence-corrected chi connectivity index (χ3v) is 3.54. The molecule has 1 aliphatic rings. The summed E-state index contributed by atoms with van der Waals surface area (Å²) in [6.07, 6.45) is 4.10. The highest BCUT2D eigenvalue weighted by Gasteiger charge is 2.23. The monoisotopic (exact) mass is 254 g/mol. The number of benzene rings is 1. The van der Waals surface area contributed by atoms with Gasteiger partial charge in [-0.1, -0.05) is 18.2 Å². The Morgan fingerprint density at radius 2 is 2.26 bits per heavy atom. The van der Waals surface area contributed by atoms with Gasteiger partial charge in [-0.2, -0.15) is 0 Å². The van der Waals surface area contributed by atoms with Gasteiger partial charge in [0.1, 0.15) is 0 Å². The van der Waals surface area contributed by atoms with Crippen molar-refractivity contribution in [1.82, 2.24) is 4.98 Å². The molecule has 0 saturated carbocycles. The molecule has 0 amide bonds. The Morgan fingerprint density at radius 1 is 1.32 bits per heavy atom. The topological polar surface area (TPSA) is 34.1 Å². The van der Waals surface area contributed by atoms with E-state index in [1.165, 1.54) is 16.8 Å². The van der Waals surface area contributed by atoms with Crippen molar-refractivity contribution >= 4 is 5.69 Å². The summed E-state index contributed by atoms with van der Waals surface area (Å²) in [4.78, 5) is 4.51. The first-order valence-electron chi connectivity index (χ1n) is 6.65. The van der Waals surface area contributed by atoms with Gasteiger partial charge in [-0.25, -0.2) is 0 Å². The van der Waals surface area contributed by atoms with Crippen LogP contribution in [-0.4, -0.2) is 12.1 Å². The molecule has 0 aliphatic heterocycles. The van der Waals surface area contributed by atoms with Crippen molar-refractivity contribution in [2.45, 2.75) is 25.5 Å². The summed E-state index contributed by atoms with van der Waals surface area (Å²) in [6.45, 7) is 0.648. The first-order valence-corrected chi connectivity index (χ1v) is 6.65. The van der Waals surface area contributed by atoms with Gasteiger partial charge >= 0.3 is 0 Å². The Hall–Kier alpha value is -1.87. The van der Waals surface area contributed by atoms with Crippen molar-refractivity contribution in [2.24, 2.45) is 0 Å². The molecule has 0 bridgehead atoms. The lowest BCUT2D eigenvalue weighted by molar-refractivity contribution is 0.185. The molecule has 0 fully saturated rings. The van der Waals surface area contributed by atoms with Gasteiger partial charge in [0.15, 0.2) is 0 Å². The highest BCUT2D eigenvalue weighted by atomic mass is 16.5. The molecule has 3 nitrogen and oxygen atoms in total. The van der Waals surface area contributed by atoms with E-state index in [0.29, 0.717) is 12.6 Å². The fourth-order valence-corrected chi connectivity index (χ4v) is 2.67. The average Bonchev–Trinajstić information content (AvgIpc) is 2.83. The zero-order chi connectivity index (χ0) is 13.1. The van der Waals surface area contributed by atoms with Gasteiger partial charge in [0.25, 0.3) is 0 Å². The van der Waals surface area contributed by atoms with Gasteiger partial charge in [-0.05, 0) is 42.2 Å². The SMILES string of the molecule is COCc1cccc(NC2CCc3cccnc32)c1. The molecule has 1 aromatic heterocycles.